The lowest BCUT2D eigenvalue weighted by atomic mass is 10.0. The van der Waals surface area contributed by atoms with E-state index >= 15 is 0 Å². The summed E-state index contributed by atoms with van der Waals surface area (Å²) in [5.74, 6) is 0.483. The van der Waals surface area contributed by atoms with Gasteiger partial charge in [-0.05, 0) is 25.5 Å². The lowest BCUT2D eigenvalue weighted by molar-refractivity contribution is 0.0560. The third-order valence-corrected chi connectivity index (χ3v) is 2.33. The predicted molar refractivity (Wildman–Crippen MR) is 61.4 cm³/mol. The average Bonchev–Trinajstić information content (AvgIpc) is 2.28. The van der Waals surface area contributed by atoms with E-state index in [9.17, 15) is 9.90 Å². The van der Waals surface area contributed by atoms with E-state index in [2.05, 4.69) is 5.32 Å². The molecule has 0 radical (unpaired) electrons. The molecule has 0 bridgehead atoms. The van der Waals surface area contributed by atoms with Gasteiger partial charge in [0.2, 0.25) is 0 Å². The van der Waals surface area contributed by atoms with E-state index < -0.39 is 11.7 Å². The maximum absolute atomic E-state index is 11.3. The van der Waals surface area contributed by atoms with E-state index in [0.29, 0.717) is 12.2 Å². The molecule has 1 atom stereocenters. The summed E-state index contributed by atoms with van der Waals surface area (Å²) < 4.78 is 4.99. The predicted octanol–water partition coefficient (Wildman–Crippen LogP) is 1.94. The molecular weight excluding hydrogens is 206 g/mol. The topological polar surface area (TPSA) is 58.6 Å². The first-order valence-electron chi connectivity index (χ1n) is 5.26. The van der Waals surface area contributed by atoms with Crippen LogP contribution in [0.15, 0.2) is 30.3 Å². The second-order valence-corrected chi connectivity index (χ2v) is 3.91. The van der Waals surface area contributed by atoms with Gasteiger partial charge in [0.05, 0.1) is 5.60 Å². The van der Waals surface area contributed by atoms with Crippen molar-refractivity contribution >= 4 is 6.09 Å². The SMILES string of the molecule is CCC(C)(O)CNC(=O)Oc1ccccc1. The summed E-state index contributed by atoms with van der Waals surface area (Å²) >= 11 is 0. The van der Waals surface area contributed by atoms with Crippen molar-refractivity contribution in [3.8, 4) is 5.75 Å². The molecule has 0 heterocycles. The molecule has 0 fully saturated rings. The molecular formula is C12H17NO3. The maximum atomic E-state index is 11.3. The van der Waals surface area contributed by atoms with Crippen molar-refractivity contribution < 1.29 is 14.6 Å². The molecule has 0 aliphatic heterocycles. The second-order valence-electron chi connectivity index (χ2n) is 3.91. The van der Waals surface area contributed by atoms with Crippen LogP contribution >= 0.6 is 0 Å². The largest absolute Gasteiger partial charge is 0.412 e. The van der Waals surface area contributed by atoms with E-state index in [1.165, 1.54) is 0 Å². The Kier molecular flexibility index (Phi) is 4.31. The normalized spacial score (nSPS) is 13.9. The van der Waals surface area contributed by atoms with Crippen LogP contribution in [-0.4, -0.2) is 23.3 Å². The van der Waals surface area contributed by atoms with E-state index in [-0.39, 0.29) is 6.54 Å². The van der Waals surface area contributed by atoms with Crippen molar-refractivity contribution in [3.63, 3.8) is 0 Å². The highest BCUT2D eigenvalue weighted by atomic mass is 16.6. The Hall–Kier alpha value is -1.55. The zero-order chi connectivity index (χ0) is 12.0. The number of nitrogens with one attached hydrogen (secondary N) is 1. The standard InChI is InChI=1S/C12H17NO3/c1-3-12(2,15)9-13-11(14)16-10-7-5-4-6-8-10/h4-8,15H,3,9H2,1-2H3,(H,13,14). The number of aliphatic hydroxyl groups is 1. The van der Waals surface area contributed by atoms with E-state index in [0.717, 1.165) is 0 Å². The highest BCUT2D eigenvalue weighted by molar-refractivity contribution is 5.70. The summed E-state index contributed by atoms with van der Waals surface area (Å²) in [4.78, 5) is 11.3. The first-order chi connectivity index (χ1) is 7.53. The fraction of sp³-hybridized carbons (Fsp3) is 0.417. The Bertz CT molecular complexity index is 335. The number of hydrogen-bond acceptors (Lipinski definition) is 3. The summed E-state index contributed by atoms with van der Waals surface area (Å²) in [6.07, 6.45) is 0.0124. The van der Waals surface area contributed by atoms with Crippen molar-refractivity contribution in [3.05, 3.63) is 30.3 Å². The van der Waals surface area contributed by atoms with Gasteiger partial charge in [-0.2, -0.15) is 0 Å². The molecule has 4 heteroatoms. The molecule has 88 valence electrons. The molecule has 2 N–H and O–H groups in total. The van der Waals surface area contributed by atoms with Gasteiger partial charge in [-0.15, -0.1) is 0 Å². The smallest absolute Gasteiger partial charge is 0.410 e. The van der Waals surface area contributed by atoms with Gasteiger partial charge in [0.1, 0.15) is 5.75 Å². The van der Waals surface area contributed by atoms with Crippen LogP contribution in [0.1, 0.15) is 20.3 Å². The summed E-state index contributed by atoms with van der Waals surface area (Å²) in [5.41, 5.74) is -0.893. The first kappa shape index (κ1) is 12.5. The van der Waals surface area contributed by atoms with Crippen LogP contribution in [0.5, 0.6) is 5.75 Å². The van der Waals surface area contributed by atoms with Crippen LogP contribution in [0.4, 0.5) is 4.79 Å². The Labute approximate surface area is 95.2 Å². The third-order valence-electron chi connectivity index (χ3n) is 2.33. The van der Waals surface area contributed by atoms with Crippen molar-refractivity contribution in [2.75, 3.05) is 6.54 Å². The van der Waals surface area contributed by atoms with Gasteiger partial charge in [0, 0.05) is 6.54 Å². The van der Waals surface area contributed by atoms with Crippen molar-refractivity contribution in [2.24, 2.45) is 0 Å². The first-order valence-corrected chi connectivity index (χ1v) is 5.26. The van der Waals surface area contributed by atoms with Gasteiger partial charge in [-0.3, -0.25) is 0 Å². The quantitative estimate of drug-likeness (QED) is 0.820. The Morgan fingerprint density at radius 3 is 2.62 bits per heavy atom. The molecule has 1 aromatic carbocycles. The van der Waals surface area contributed by atoms with Crippen LogP contribution in [0.3, 0.4) is 0 Å². The minimum Gasteiger partial charge on any atom is -0.410 e. The van der Waals surface area contributed by atoms with Crippen LogP contribution in [-0.2, 0) is 0 Å². The monoisotopic (exact) mass is 223 g/mol. The Morgan fingerprint density at radius 2 is 2.06 bits per heavy atom. The average molecular weight is 223 g/mol. The number of rotatable bonds is 4. The summed E-state index contributed by atoms with van der Waals surface area (Å²) in [6.45, 7) is 3.69. The number of carbonyl (C=O) groups excluding carboxylic acids is 1. The summed E-state index contributed by atoms with van der Waals surface area (Å²) in [7, 11) is 0. The van der Waals surface area contributed by atoms with Crippen LogP contribution in [0.25, 0.3) is 0 Å². The molecule has 0 aliphatic rings. The van der Waals surface area contributed by atoms with E-state index in [1.807, 2.05) is 13.0 Å². The molecule has 1 unspecified atom stereocenters. The zero-order valence-electron chi connectivity index (χ0n) is 9.56. The minimum absolute atomic E-state index is 0.176. The highest BCUT2D eigenvalue weighted by Gasteiger charge is 2.18. The van der Waals surface area contributed by atoms with Crippen LogP contribution < -0.4 is 10.1 Å². The lowest BCUT2D eigenvalue weighted by Gasteiger charge is -2.21. The number of ether oxygens (including phenoxy) is 1. The number of para-hydroxylation sites is 1. The lowest BCUT2D eigenvalue weighted by Crippen LogP contribution is -2.41. The van der Waals surface area contributed by atoms with Crippen molar-refractivity contribution in [2.45, 2.75) is 25.9 Å². The molecule has 0 saturated heterocycles. The van der Waals surface area contributed by atoms with Crippen molar-refractivity contribution in [1.29, 1.82) is 0 Å². The van der Waals surface area contributed by atoms with E-state index in [4.69, 9.17) is 4.74 Å². The van der Waals surface area contributed by atoms with Gasteiger partial charge in [0.25, 0.3) is 0 Å². The number of hydrogen-bond donors (Lipinski definition) is 2. The summed E-state index contributed by atoms with van der Waals surface area (Å²) in [5, 5.41) is 12.2. The van der Waals surface area contributed by atoms with Gasteiger partial charge in [-0.25, -0.2) is 4.79 Å². The number of carbonyl (C=O) groups is 1. The molecule has 4 nitrogen and oxygen atoms in total. The van der Waals surface area contributed by atoms with Gasteiger partial charge < -0.3 is 15.2 Å². The molecule has 16 heavy (non-hydrogen) atoms. The molecule has 0 aliphatic carbocycles. The Morgan fingerprint density at radius 1 is 1.44 bits per heavy atom. The molecule has 0 spiro atoms. The number of amides is 1. The Balaban J connectivity index is 2.38. The summed E-state index contributed by atoms with van der Waals surface area (Å²) in [6, 6.07) is 8.79. The van der Waals surface area contributed by atoms with Gasteiger partial charge in [0.15, 0.2) is 0 Å². The highest BCUT2D eigenvalue weighted by Crippen LogP contribution is 2.09. The number of benzene rings is 1. The minimum atomic E-state index is -0.893. The maximum Gasteiger partial charge on any atom is 0.412 e. The fourth-order valence-corrected chi connectivity index (χ4v) is 1.02. The van der Waals surface area contributed by atoms with Gasteiger partial charge >= 0.3 is 6.09 Å². The molecule has 1 amide bonds. The second kappa shape index (κ2) is 5.51. The molecule has 0 aromatic heterocycles. The zero-order valence-corrected chi connectivity index (χ0v) is 9.56. The molecule has 1 rings (SSSR count). The fourth-order valence-electron chi connectivity index (χ4n) is 1.02. The van der Waals surface area contributed by atoms with Gasteiger partial charge in [-0.1, -0.05) is 25.1 Å². The van der Waals surface area contributed by atoms with Crippen LogP contribution in [0, 0.1) is 0 Å². The molecule has 1 aromatic rings. The van der Waals surface area contributed by atoms with E-state index in [1.54, 1.807) is 31.2 Å². The third kappa shape index (κ3) is 4.31. The molecule has 0 saturated carbocycles. The van der Waals surface area contributed by atoms with Crippen molar-refractivity contribution in [1.82, 2.24) is 5.32 Å². The van der Waals surface area contributed by atoms with Crippen LogP contribution in [0.2, 0.25) is 0 Å².